The Morgan fingerprint density at radius 3 is 0.867 bits per heavy atom. The van der Waals surface area contributed by atoms with Crippen LogP contribution in [-0.4, -0.2) is 37.2 Å². The highest BCUT2D eigenvalue weighted by Gasteiger charge is 2.19. The molecule has 0 saturated heterocycles. The van der Waals surface area contributed by atoms with Crippen LogP contribution in [0.5, 0.6) is 0 Å². The maximum Gasteiger partial charge on any atom is 0.306 e. The largest absolute Gasteiger partial charge is 0.462 e. The van der Waals surface area contributed by atoms with Crippen molar-refractivity contribution >= 4 is 17.9 Å². The third-order valence-corrected chi connectivity index (χ3v) is 13.0. The van der Waals surface area contributed by atoms with Crippen LogP contribution in [0.3, 0.4) is 0 Å². The van der Waals surface area contributed by atoms with Gasteiger partial charge in [-0.25, -0.2) is 0 Å². The lowest BCUT2D eigenvalue weighted by Gasteiger charge is -2.18. The van der Waals surface area contributed by atoms with E-state index in [0.717, 1.165) is 116 Å². The van der Waals surface area contributed by atoms with Crippen LogP contribution >= 0.6 is 0 Å². The van der Waals surface area contributed by atoms with Gasteiger partial charge in [-0.05, 0) is 116 Å². The van der Waals surface area contributed by atoms with Gasteiger partial charge in [0.05, 0.1) is 0 Å². The first-order chi connectivity index (χ1) is 37.0. The summed E-state index contributed by atoms with van der Waals surface area (Å²) in [5.41, 5.74) is 0. The number of hydrogen-bond donors (Lipinski definition) is 0. The molecule has 0 amide bonds. The predicted octanol–water partition coefficient (Wildman–Crippen LogP) is 21.2. The second kappa shape index (κ2) is 62.4. The van der Waals surface area contributed by atoms with E-state index >= 15 is 0 Å². The Bertz CT molecular complexity index is 1570. The zero-order valence-corrected chi connectivity index (χ0v) is 48.8. The van der Waals surface area contributed by atoms with Crippen molar-refractivity contribution in [2.75, 3.05) is 13.2 Å². The summed E-state index contributed by atoms with van der Waals surface area (Å²) >= 11 is 0. The Morgan fingerprint density at radius 1 is 0.280 bits per heavy atom. The van der Waals surface area contributed by atoms with Gasteiger partial charge in [-0.1, -0.05) is 264 Å². The zero-order chi connectivity index (χ0) is 54.3. The van der Waals surface area contributed by atoms with Crippen LogP contribution in [0.4, 0.5) is 0 Å². The predicted molar refractivity (Wildman–Crippen MR) is 325 cm³/mol. The van der Waals surface area contributed by atoms with Gasteiger partial charge < -0.3 is 14.2 Å². The molecular formula is C69H114O6. The second-order valence-electron chi connectivity index (χ2n) is 20.2. The van der Waals surface area contributed by atoms with E-state index in [1.807, 2.05) is 0 Å². The minimum absolute atomic E-state index is 0.0939. The lowest BCUT2D eigenvalue weighted by Crippen LogP contribution is -2.30. The van der Waals surface area contributed by atoms with E-state index in [1.165, 1.54) is 122 Å². The number of rotatable bonds is 55. The average molecular weight is 1040 g/mol. The molecule has 0 aromatic heterocycles. The van der Waals surface area contributed by atoms with Crippen LogP contribution < -0.4 is 0 Å². The van der Waals surface area contributed by atoms with E-state index in [1.54, 1.807) is 0 Å². The van der Waals surface area contributed by atoms with Crippen LogP contribution in [-0.2, 0) is 28.6 Å². The molecule has 0 aromatic rings. The molecular weight excluding hydrogens is 925 g/mol. The highest BCUT2D eigenvalue weighted by molar-refractivity contribution is 5.71. The molecule has 0 heterocycles. The van der Waals surface area contributed by atoms with Gasteiger partial charge in [-0.3, -0.25) is 14.4 Å². The summed E-state index contributed by atoms with van der Waals surface area (Å²) in [5.74, 6) is -0.942. The van der Waals surface area contributed by atoms with Crippen LogP contribution in [0.25, 0.3) is 0 Å². The third-order valence-electron chi connectivity index (χ3n) is 13.0. The molecule has 0 radical (unpaired) electrons. The molecule has 0 aliphatic carbocycles. The molecule has 0 fully saturated rings. The van der Waals surface area contributed by atoms with Gasteiger partial charge in [0.2, 0.25) is 0 Å². The fraction of sp³-hybridized carbons (Fsp3) is 0.667. The summed E-state index contributed by atoms with van der Waals surface area (Å²) in [7, 11) is 0. The average Bonchev–Trinajstić information content (AvgIpc) is 3.41. The van der Waals surface area contributed by atoms with E-state index in [9.17, 15) is 14.4 Å². The van der Waals surface area contributed by atoms with Crippen LogP contribution in [0.1, 0.15) is 278 Å². The van der Waals surface area contributed by atoms with Crippen molar-refractivity contribution < 1.29 is 28.6 Å². The van der Waals surface area contributed by atoms with Gasteiger partial charge >= 0.3 is 17.9 Å². The Balaban J connectivity index is 4.40. The molecule has 0 spiro atoms. The molecule has 0 N–H and O–H groups in total. The summed E-state index contributed by atoms with van der Waals surface area (Å²) in [4.78, 5) is 38.2. The topological polar surface area (TPSA) is 78.9 Å². The molecule has 1 atom stereocenters. The van der Waals surface area contributed by atoms with Gasteiger partial charge in [-0.2, -0.15) is 0 Å². The molecule has 0 aliphatic heterocycles. The summed E-state index contributed by atoms with van der Waals surface area (Å²) in [5, 5.41) is 0. The molecule has 0 saturated carbocycles. The second-order valence-corrected chi connectivity index (χ2v) is 20.2. The fourth-order valence-electron chi connectivity index (χ4n) is 8.31. The molecule has 75 heavy (non-hydrogen) atoms. The Morgan fingerprint density at radius 2 is 0.520 bits per heavy atom. The fourth-order valence-corrected chi connectivity index (χ4v) is 8.31. The first-order valence-electron chi connectivity index (χ1n) is 31.0. The molecule has 426 valence electrons. The normalized spacial score (nSPS) is 12.9. The van der Waals surface area contributed by atoms with Crippen molar-refractivity contribution in [2.45, 2.75) is 284 Å². The standard InChI is InChI=1S/C69H114O6/c1-4-7-10-13-16-19-22-24-26-28-30-31-32-33-34-35-36-37-39-40-42-44-47-50-53-56-59-62-68(71)74-65-66(64-73-67(70)61-58-55-52-49-46-21-18-15-12-9-6-3)75-69(72)63-60-57-54-51-48-45-43-41-38-29-27-25-23-20-17-14-11-8-5-2/h7,10,16-17,19-20,24-27,30-31,33-34,36-37,40,42,47,50,66H,4-6,8-9,11-15,18,21-23,28-29,32,35,38-39,41,43-46,48-49,51-65H2,1-3H3/b10-7-,19-16-,20-17-,26-24-,27-25-,31-30-,34-33-,37-36-,42-40-,50-47-. The van der Waals surface area contributed by atoms with Gasteiger partial charge in [0.1, 0.15) is 13.2 Å². The first kappa shape index (κ1) is 70.8. The van der Waals surface area contributed by atoms with Crippen molar-refractivity contribution in [1.29, 1.82) is 0 Å². The number of carbonyl (C=O) groups is 3. The number of unbranched alkanes of at least 4 members (excludes halogenated alkanes) is 24. The van der Waals surface area contributed by atoms with E-state index in [4.69, 9.17) is 14.2 Å². The van der Waals surface area contributed by atoms with Crippen molar-refractivity contribution in [2.24, 2.45) is 0 Å². The number of ether oxygens (including phenoxy) is 3. The minimum Gasteiger partial charge on any atom is -0.462 e. The van der Waals surface area contributed by atoms with E-state index in [-0.39, 0.29) is 31.1 Å². The van der Waals surface area contributed by atoms with Crippen LogP contribution in [0.2, 0.25) is 0 Å². The van der Waals surface area contributed by atoms with Gasteiger partial charge in [-0.15, -0.1) is 0 Å². The van der Waals surface area contributed by atoms with E-state index in [0.29, 0.717) is 19.3 Å². The highest BCUT2D eigenvalue weighted by Crippen LogP contribution is 2.15. The summed E-state index contributed by atoms with van der Waals surface area (Å²) < 4.78 is 16.8. The number of esters is 3. The monoisotopic (exact) mass is 1040 g/mol. The molecule has 0 aromatic carbocycles. The third kappa shape index (κ3) is 60.6. The Hall–Kier alpha value is -4.19. The van der Waals surface area contributed by atoms with Gasteiger partial charge in [0.15, 0.2) is 6.10 Å². The molecule has 6 nitrogen and oxygen atoms in total. The number of carbonyl (C=O) groups excluding carboxylic acids is 3. The highest BCUT2D eigenvalue weighted by atomic mass is 16.6. The van der Waals surface area contributed by atoms with Crippen molar-refractivity contribution in [1.82, 2.24) is 0 Å². The number of hydrogen-bond acceptors (Lipinski definition) is 6. The number of allylic oxidation sites excluding steroid dienone is 20. The quantitative estimate of drug-likeness (QED) is 0.0261. The first-order valence-corrected chi connectivity index (χ1v) is 31.0. The Kier molecular flexibility index (Phi) is 58.9. The van der Waals surface area contributed by atoms with Crippen LogP contribution in [0, 0.1) is 0 Å². The van der Waals surface area contributed by atoms with Crippen molar-refractivity contribution in [3.8, 4) is 0 Å². The van der Waals surface area contributed by atoms with Gasteiger partial charge in [0.25, 0.3) is 0 Å². The lowest BCUT2D eigenvalue weighted by molar-refractivity contribution is -0.167. The SMILES string of the molecule is CC/C=C\C/C=C\C/C=C\C/C=C\C/C=C\C/C=C\C/C=C\C/C=C\CCCCC(=O)OCC(COC(=O)CCCCCCCCCCCCC)OC(=O)CCCCCCCCCCC/C=C\C/C=C\CCCCC. The maximum absolute atomic E-state index is 12.9. The van der Waals surface area contributed by atoms with E-state index in [2.05, 4.69) is 142 Å². The summed E-state index contributed by atoms with van der Waals surface area (Å²) in [6.45, 7) is 6.46. The lowest BCUT2D eigenvalue weighted by atomic mass is 10.1. The molecule has 6 heteroatoms. The molecule has 0 bridgehead atoms. The summed E-state index contributed by atoms with van der Waals surface area (Å²) in [6.07, 6.45) is 86.3. The van der Waals surface area contributed by atoms with Crippen molar-refractivity contribution in [3.63, 3.8) is 0 Å². The van der Waals surface area contributed by atoms with E-state index < -0.39 is 6.10 Å². The Labute approximate surface area is 462 Å². The summed E-state index contributed by atoms with van der Waals surface area (Å²) in [6, 6.07) is 0. The molecule has 0 rings (SSSR count). The smallest absolute Gasteiger partial charge is 0.306 e. The molecule has 1 unspecified atom stereocenters. The van der Waals surface area contributed by atoms with Gasteiger partial charge in [0, 0.05) is 19.3 Å². The maximum atomic E-state index is 12.9. The zero-order valence-electron chi connectivity index (χ0n) is 48.8. The van der Waals surface area contributed by atoms with Crippen LogP contribution in [0.15, 0.2) is 122 Å². The molecule has 0 aliphatic rings. The minimum atomic E-state index is -0.800. The van der Waals surface area contributed by atoms with Crippen molar-refractivity contribution in [3.05, 3.63) is 122 Å².